The van der Waals surface area contributed by atoms with Crippen LogP contribution in [0.4, 0.5) is 0 Å². The number of esters is 1. The van der Waals surface area contributed by atoms with Crippen molar-refractivity contribution >= 4 is 37.4 Å². The van der Waals surface area contributed by atoms with Crippen molar-refractivity contribution in [3.8, 4) is 0 Å². The Balaban J connectivity index is 1.94. The highest BCUT2D eigenvalue weighted by atomic mass is 32.2. The zero-order valence-electron chi connectivity index (χ0n) is 13.6. The third-order valence-electron chi connectivity index (χ3n) is 4.24. The van der Waals surface area contributed by atoms with Gasteiger partial charge >= 0.3 is 5.97 Å². The van der Waals surface area contributed by atoms with Crippen LogP contribution in [-0.4, -0.2) is 44.4 Å². The van der Waals surface area contributed by atoms with Crippen molar-refractivity contribution in [2.24, 2.45) is 11.7 Å². The predicted molar refractivity (Wildman–Crippen MR) is 93.7 cm³/mol. The Hall–Kier alpha value is -1.48. The molecule has 2 aromatic rings. The van der Waals surface area contributed by atoms with Crippen molar-refractivity contribution < 1.29 is 17.9 Å². The molecular weight excluding hydrogens is 348 g/mol. The smallest absolute Gasteiger partial charge is 0.348 e. The summed E-state index contributed by atoms with van der Waals surface area (Å²) >= 11 is 1.29. The van der Waals surface area contributed by atoms with Gasteiger partial charge in [-0.05, 0) is 42.5 Å². The third kappa shape index (κ3) is 3.06. The average molecular weight is 368 g/mol. The van der Waals surface area contributed by atoms with Crippen molar-refractivity contribution in [3.63, 3.8) is 0 Å². The minimum Gasteiger partial charge on any atom is -0.462 e. The molecule has 2 heterocycles. The molecule has 8 heteroatoms. The molecule has 0 radical (unpaired) electrons. The molecule has 1 fully saturated rings. The fourth-order valence-electron chi connectivity index (χ4n) is 2.78. The van der Waals surface area contributed by atoms with Crippen molar-refractivity contribution in [2.75, 3.05) is 19.7 Å². The molecule has 0 bridgehead atoms. The number of hydrogen-bond acceptors (Lipinski definition) is 6. The third-order valence-corrected chi connectivity index (χ3v) is 7.16. The number of nitrogens with zero attached hydrogens (tertiary/aromatic N) is 1. The van der Waals surface area contributed by atoms with Gasteiger partial charge in [-0.3, -0.25) is 0 Å². The normalized spacial score (nSPS) is 22.1. The summed E-state index contributed by atoms with van der Waals surface area (Å²) in [6.07, 6.45) is 0. The molecule has 1 saturated heterocycles. The van der Waals surface area contributed by atoms with E-state index in [1.165, 1.54) is 15.6 Å². The van der Waals surface area contributed by atoms with Crippen LogP contribution in [0.2, 0.25) is 0 Å². The van der Waals surface area contributed by atoms with Gasteiger partial charge in [-0.2, -0.15) is 4.31 Å². The Morgan fingerprint density at radius 3 is 2.75 bits per heavy atom. The number of carbonyl (C=O) groups excluding carboxylic acids is 1. The maximum Gasteiger partial charge on any atom is 0.348 e. The fourth-order valence-corrected chi connectivity index (χ4v) is 5.33. The van der Waals surface area contributed by atoms with Gasteiger partial charge in [0.2, 0.25) is 10.0 Å². The molecule has 1 aliphatic rings. The summed E-state index contributed by atoms with van der Waals surface area (Å²) in [7, 11) is -3.58. The molecule has 1 aromatic heterocycles. The van der Waals surface area contributed by atoms with E-state index >= 15 is 0 Å². The second-order valence-corrected chi connectivity index (χ2v) is 9.02. The Labute approximate surface area is 145 Å². The van der Waals surface area contributed by atoms with E-state index in [9.17, 15) is 13.2 Å². The Morgan fingerprint density at radius 1 is 1.38 bits per heavy atom. The molecule has 1 aliphatic heterocycles. The van der Waals surface area contributed by atoms with E-state index in [0.29, 0.717) is 24.6 Å². The van der Waals surface area contributed by atoms with E-state index in [2.05, 4.69) is 0 Å². The van der Waals surface area contributed by atoms with E-state index in [1.54, 1.807) is 31.2 Å². The topological polar surface area (TPSA) is 89.7 Å². The standard InChI is InChI=1S/C16H20N2O4S2/c1-3-22-16(19)15-7-11-6-12(4-5-14(11)23-15)24(20,21)18-8-10(2)13(17)9-18/h4-7,10,13H,3,8-9,17H2,1-2H3. The first-order chi connectivity index (χ1) is 11.3. The Bertz CT molecular complexity index is 865. The molecule has 0 spiro atoms. The van der Waals surface area contributed by atoms with Crippen molar-refractivity contribution in [3.05, 3.63) is 29.1 Å². The van der Waals surface area contributed by atoms with Crippen LogP contribution in [0.3, 0.4) is 0 Å². The van der Waals surface area contributed by atoms with E-state index in [0.717, 1.165) is 10.1 Å². The molecule has 2 atom stereocenters. The second-order valence-electron chi connectivity index (χ2n) is 5.99. The highest BCUT2D eigenvalue weighted by Gasteiger charge is 2.35. The van der Waals surface area contributed by atoms with Crippen LogP contribution in [0, 0.1) is 5.92 Å². The fraction of sp³-hybridized carbons (Fsp3) is 0.438. The van der Waals surface area contributed by atoms with Crippen molar-refractivity contribution in [2.45, 2.75) is 24.8 Å². The van der Waals surface area contributed by atoms with Crippen LogP contribution >= 0.6 is 11.3 Å². The maximum atomic E-state index is 12.8. The molecule has 2 unspecified atom stereocenters. The highest BCUT2D eigenvalue weighted by molar-refractivity contribution is 7.89. The van der Waals surface area contributed by atoms with Gasteiger partial charge in [0.25, 0.3) is 0 Å². The van der Waals surface area contributed by atoms with Gasteiger partial charge in [0.1, 0.15) is 4.88 Å². The summed E-state index contributed by atoms with van der Waals surface area (Å²) < 4.78 is 32.9. The van der Waals surface area contributed by atoms with Crippen molar-refractivity contribution in [1.82, 2.24) is 4.31 Å². The summed E-state index contributed by atoms with van der Waals surface area (Å²) in [4.78, 5) is 12.5. The minimum atomic E-state index is -3.58. The Kier molecular flexibility index (Phi) is 4.65. The molecule has 1 aromatic carbocycles. The molecule has 0 amide bonds. The number of fused-ring (bicyclic) bond motifs is 1. The average Bonchev–Trinajstić information content (AvgIpc) is 3.11. The predicted octanol–water partition coefficient (Wildman–Crippen LogP) is 2.05. The number of sulfonamides is 1. The SMILES string of the molecule is CCOC(=O)c1cc2cc(S(=O)(=O)N3CC(C)C(N)C3)ccc2s1. The highest BCUT2D eigenvalue weighted by Crippen LogP contribution is 2.30. The first-order valence-electron chi connectivity index (χ1n) is 7.79. The number of ether oxygens (including phenoxy) is 1. The van der Waals surface area contributed by atoms with Gasteiger partial charge in [0, 0.05) is 23.8 Å². The van der Waals surface area contributed by atoms with E-state index in [4.69, 9.17) is 10.5 Å². The molecular formula is C16H20N2O4S2. The summed E-state index contributed by atoms with van der Waals surface area (Å²) in [5, 5.41) is 0.723. The molecule has 3 rings (SSSR count). The lowest BCUT2D eigenvalue weighted by molar-refractivity contribution is 0.0532. The molecule has 2 N–H and O–H groups in total. The van der Waals surface area contributed by atoms with Crippen LogP contribution in [0.15, 0.2) is 29.2 Å². The number of rotatable bonds is 4. The second kappa shape index (κ2) is 6.44. The molecule has 0 saturated carbocycles. The van der Waals surface area contributed by atoms with Gasteiger partial charge < -0.3 is 10.5 Å². The maximum absolute atomic E-state index is 12.8. The summed E-state index contributed by atoms with van der Waals surface area (Å²) in [5.74, 6) is -0.248. The first-order valence-corrected chi connectivity index (χ1v) is 10.0. The monoisotopic (exact) mass is 368 g/mol. The van der Waals surface area contributed by atoms with Gasteiger partial charge in [-0.15, -0.1) is 11.3 Å². The molecule has 24 heavy (non-hydrogen) atoms. The lowest BCUT2D eigenvalue weighted by Gasteiger charge is -2.16. The van der Waals surface area contributed by atoms with Crippen LogP contribution in [-0.2, 0) is 14.8 Å². The lowest BCUT2D eigenvalue weighted by Crippen LogP contribution is -2.32. The van der Waals surface area contributed by atoms with Crippen LogP contribution < -0.4 is 5.73 Å². The van der Waals surface area contributed by atoms with Crippen LogP contribution in [0.25, 0.3) is 10.1 Å². The Morgan fingerprint density at radius 2 is 2.12 bits per heavy atom. The van der Waals surface area contributed by atoms with E-state index < -0.39 is 10.0 Å². The van der Waals surface area contributed by atoms with E-state index in [-0.39, 0.29) is 22.8 Å². The number of hydrogen-bond donors (Lipinski definition) is 1. The van der Waals surface area contributed by atoms with Crippen LogP contribution in [0.1, 0.15) is 23.5 Å². The van der Waals surface area contributed by atoms with Crippen molar-refractivity contribution in [1.29, 1.82) is 0 Å². The molecule has 130 valence electrons. The quantitative estimate of drug-likeness (QED) is 0.834. The zero-order chi connectivity index (χ0) is 17.5. The lowest BCUT2D eigenvalue weighted by atomic mass is 10.1. The van der Waals surface area contributed by atoms with Gasteiger partial charge in [0.05, 0.1) is 11.5 Å². The number of nitrogens with two attached hydrogens (primary N) is 1. The first kappa shape index (κ1) is 17.3. The summed E-state index contributed by atoms with van der Waals surface area (Å²) in [6, 6.07) is 6.46. The number of benzene rings is 1. The largest absolute Gasteiger partial charge is 0.462 e. The molecule has 6 nitrogen and oxygen atoms in total. The van der Waals surface area contributed by atoms with Gasteiger partial charge in [0.15, 0.2) is 0 Å². The van der Waals surface area contributed by atoms with Crippen LogP contribution in [0.5, 0.6) is 0 Å². The minimum absolute atomic E-state index is 0.139. The van der Waals surface area contributed by atoms with Gasteiger partial charge in [-0.1, -0.05) is 6.92 Å². The zero-order valence-corrected chi connectivity index (χ0v) is 15.2. The van der Waals surface area contributed by atoms with E-state index in [1.807, 2.05) is 6.92 Å². The number of carbonyl (C=O) groups is 1. The summed E-state index contributed by atoms with van der Waals surface area (Å²) in [5.41, 5.74) is 5.94. The summed E-state index contributed by atoms with van der Waals surface area (Å²) in [6.45, 7) is 4.77. The number of thiophene rings is 1. The molecule has 0 aliphatic carbocycles. The van der Waals surface area contributed by atoms with Gasteiger partial charge in [-0.25, -0.2) is 13.2 Å².